The summed E-state index contributed by atoms with van der Waals surface area (Å²) in [6, 6.07) is 12.1. The molecule has 0 heterocycles. The molecule has 0 bridgehead atoms. The molecule has 25 heavy (non-hydrogen) atoms. The van der Waals surface area contributed by atoms with Crippen molar-refractivity contribution in [3.63, 3.8) is 0 Å². The molecular formula is C20H21NO4. The third-order valence-corrected chi connectivity index (χ3v) is 4.35. The van der Waals surface area contributed by atoms with Crippen LogP contribution in [0.25, 0.3) is 0 Å². The predicted molar refractivity (Wildman–Crippen MR) is 94.6 cm³/mol. The minimum Gasteiger partial charge on any atom is -0.462 e. The number of hydrogen-bond donors (Lipinski definition) is 1. The summed E-state index contributed by atoms with van der Waals surface area (Å²) in [7, 11) is 0. The van der Waals surface area contributed by atoms with E-state index in [1.54, 1.807) is 31.2 Å². The molecule has 1 atom stereocenters. The van der Waals surface area contributed by atoms with Crippen LogP contribution >= 0.6 is 0 Å². The highest BCUT2D eigenvalue weighted by Crippen LogP contribution is 2.34. The molecule has 0 aliphatic heterocycles. The summed E-state index contributed by atoms with van der Waals surface area (Å²) in [4.78, 5) is 24.3. The van der Waals surface area contributed by atoms with Gasteiger partial charge in [-0.2, -0.15) is 0 Å². The van der Waals surface area contributed by atoms with Crippen molar-refractivity contribution in [2.75, 3.05) is 12.3 Å². The van der Waals surface area contributed by atoms with Crippen molar-refractivity contribution >= 4 is 17.6 Å². The molecule has 0 saturated heterocycles. The van der Waals surface area contributed by atoms with Gasteiger partial charge in [0.2, 0.25) is 0 Å². The Morgan fingerprint density at radius 3 is 2.64 bits per heavy atom. The number of hydrogen-bond acceptors (Lipinski definition) is 5. The maximum atomic E-state index is 12.6. The van der Waals surface area contributed by atoms with Gasteiger partial charge in [0.15, 0.2) is 0 Å². The van der Waals surface area contributed by atoms with Crippen molar-refractivity contribution in [2.24, 2.45) is 0 Å². The first-order valence-electron chi connectivity index (χ1n) is 8.45. The smallest absolute Gasteiger partial charge is 0.338 e. The molecule has 1 aliphatic carbocycles. The quantitative estimate of drug-likeness (QED) is 0.524. The van der Waals surface area contributed by atoms with E-state index in [2.05, 4.69) is 0 Å². The van der Waals surface area contributed by atoms with E-state index in [1.165, 1.54) is 0 Å². The van der Waals surface area contributed by atoms with E-state index in [9.17, 15) is 9.59 Å². The Hall–Kier alpha value is -2.82. The third kappa shape index (κ3) is 3.82. The van der Waals surface area contributed by atoms with Crippen molar-refractivity contribution < 1.29 is 19.1 Å². The van der Waals surface area contributed by atoms with Crippen LogP contribution in [0.2, 0.25) is 0 Å². The molecule has 0 radical (unpaired) electrons. The summed E-state index contributed by atoms with van der Waals surface area (Å²) in [6.45, 7) is 2.07. The minimum atomic E-state index is -0.392. The topological polar surface area (TPSA) is 78.6 Å². The van der Waals surface area contributed by atoms with Crippen LogP contribution in [0.1, 0.15) is 47.2 Å². The number of benzene rings is 2. The van der Waals surface area contributed by atoms with E-state index in [4.69, 9.17) is 15.2 Å². The summed E-state index contributed by atoms with van der Waals surface area (Å²) in [5.41, 5.74) is 9.06. The second-order valence-electron chi connectivity index (χ2n) is 6.07. The van der Waals surface area contributed by atoms with Gasteiger partial charge in [0.1, 0.15) is 5.75 Å². The molecule has 5 heteroatoms. The number of aryl methyl sites for hydroxylation is 1. The highest BCUT2D eigenvalue weighted by atomic mass is 16.5. The van der Waals surface area contributed by atoms with E-state index >= 15 is 0 Å². The average molecular weight is 339 g/mol. The normalized spacial score (nSPS) is 16.0. The van der Waals surface area contributed by atoms with Crippen molar-refractivity contribution in [1.29, 1.82) is 0 Å². The number of rotatable bonds is 4. The van der Waals surface area contributed by atoms with Gasteiger partial charge in [-0.15, -0.1) is 0 Å². The molecule has 0 saturated carbocycles. The number of anilines is 1. The van der Waals surface area contributed by atoms with E-state index in [0.29, 0.717) is 23.6 Å². The summed E-state index contributed by atoms with van der Waals surface area (Å²) in [5, 5.41) is 0. The first-order chi connectivity index (χ1) is 12.1. The van der Waals surface area contributed by atoms with Crippen LogP contribution in [0, 0.1) is 0 Å². The lowest BCUT2D eigenvalue weighted by molar-refractivity contribution is -0.136. The SMILES string of the molecule is CCOC(=O)c1ccc(OC(=O)C2CCCc3ccc(N)cc32)cc1. The molecule has 0 amide bonds. The van der Waals surface area contributed by atoms with Crippen LogP contribution in [0.3, 0.4) is 0 Å². The number of esters is 2. The fourth-order valence-corrected chi connectivity index (χ4v) is 3.12. The Morgan fingerprint density at radius 2 is 1.92 bits per heavy atom. The molecule has 3 rings (SSSR count). The van der Waals surface area contributed by atoms with Gasteiger partial charge in [0.25, 0.3) is 0 Å². The van der Waals surface area contributed by atoms with Crippen LogP contribution < -0.4 is 10.5 Å². The number of carbonyl (C=O) groups excluding carboxylic acids is 2. The third-order valence-electron chi connectivity index (χ3n) is 4.35. The van der Waals surface area contributed by atoms with Gasteiger partial charge >= 0.3 is 11.9 Å². The Kier molecular flexibility index (Phi) is 5.03. The zero-order chi connectivity index (χ0) is 17.8. The zero-order valence-corrected chi connectivity index (χ0v) is 14.2. The Bertz CT molecular complexity index is 783. The lowest BCUT2D eigenvalue weighted by atomic mass is 9.82. The molecule has 1 aliphatic rings. The second kappa shape index (κ2) is 7.38. The van der Waals surface area contributed by atoms with Gasteiger partial charge < -0.3 is 15.2 Å². The zero-order valence-electron chi connectivity index (χ0n) is 14.2. The maximum absolute atomic E-state index is 12.6. The largest absolute Gasteiger partial charge is 0.462 e. The summed E-state index contributed by atoms with van der Waals surface area (Å²) in [6.07, 6.45) is 2.64. The molecule has 130 valence electrons. The van der Waals surface area contributed by atoms with Crippen LogP contribution in [-0.4, -0.2) is 18.5 Å². The van der Waals surface area contributed by atoms with Crippen LogP contribution in [0.15, 0.2) is 42.5 Å². The monoisotopic (exact) mass is 339 g/mol. The first-order valence-corrected chi connectivity index (χ1v) is 8.45. The fourth-order valence-electron chi connectivity index (χ4n) is 3.12. The van der Waals surface area contributed by atoms with Gasteiger partial charge in [-0.1, -0.05) is 6.07 Å². The van der Waals surface area contributed by atoms with E-state index in [1.807, 2.05) is 18.2 Å². The van der Waals surface area contributed by atoms with Gasteiger partial charge in [-0.05, 0) is 73.7 Å². The summed E-state index contributed by atoms with van der Waals surface area (Å²) < 4.78 is 10.4. The second-order valence-corrected chi connectivity index (χ2v) is 6.07. The summed E-state index contributed by atoms with van der Waals surface area (Å²) >= 11 is 0. The standard InChI is InChI=1S/C20H21NO4/c1-2-24-19(22)14-7-10-16(11-8-14)25-20(23)17-5-3-4-13-6-9-15(21)12-18(13)17/h6-12,17H,2-5,21H2,1H3. The first kappa shape index (κ1) is 17.0. The molecular weight excluding hydrogens is 318 g/mol. The molecule has 2 N–H and O–H groups in total. The molecule has 0 fully saturated rings. The molecule has 2 aromatic carbocycles. The Labute approximate surface area is 146 Å². The van der Waals surface area contributed by atoms with E-state index < -0.39 is 5.97 Å². The predicted octanol–water partition coefficient (Wildman–Crippen LogP) is 3.47. The number of ether oxygens (including phenoxy) is 2. The lowest BCUT2D eigenvalue weighted by Gasteiger charge is -2.24. The van der Waals surface area contributed by atoms with Crippen molar-refractivity contribution in [3.8, 4) is 5.75 Å². The maximum Gasteiger partial charge on any atom is 0.338 e. The molecule has 0 spiro atoms. The number of fused-ring (bicyclic) bond motifs is 1. The van der Waals surface area contributed by atoms with Crippen molar-refractivity contribution in [1.82, 2.24) is 0 Å². The fraction of sp³-hybridized carbons (Fsp3) is 0.300. The molecule has 0 aromatic heterocycles. The molecule has 1 unspecified atom stereocenters. The Morgan fingerprint density at radius 1 is 1.16 bits per heavy atom. The van der Waals surface area contributed by atoms with Crippen molar-refractivity contribution in [2.45, 2.75) is 32.1 Å². The van der Waals surface area contributed by atoms with Crippen LogP contribution in [-0.2, 0) is 16.0 Å². The Balaban J connectivity index is 1.73. The van der Waals surface area contributed by atoms with Gasteiger partial charge in [-0.3, -0.25) is 4.79 Å². The van der Waals surface area contributed by atoms with Crippen LogP contribution in [0.5, 0.6) is 5.75 Å². The number of carbonyl (C=O) groups is 2. The number of nitrogen functional groups attached to an aromatic ring is 1. The average Bonchev–Trinajstić information content (AvgIpc) is 2.62. The highest BCUT2D eigenvalue weighted by molar-refractivity contribution is 5.89. The van der Waals surface area contributed by atoms with E-state index in [-0.39, 0.29) is 11.9 Å². The molecule has 5 nitrogen and oxygen atoms in total. The van der Waals surface area contributed by atoms with Crippen LogP contribution in [0.4, 0.5) is 5.69 Å². The molecule has 2 aromatic rings. The summed E-state index contributed by atoms with van der Waals surface area (Å²) in [5.74, 6) is -0.585. The van der Waals surface area contributed by atoms with Gasteiger partial charge in [0, 0.05) is 5.69 Å². The number of nitrogens with two attached hydrogens (primary N) is 1. The minimum absolute atomic E-state index is 0.296. The van der Waals surface area contributed by atoms with Crippen molar-refractivity contribution in [3.05, 3.63) is 59.2 Å². The van der Waals surface area contributed by atoms with Gasteiger partial charge in [-0.25, -0.2) is 4.79 Å². The van der Waals surface area contributed by atoms with E-state index in [0.717, 1.165) is 30.4 Å². The lowest BCUT2D eigenvalue weighted by Crippen LogP contribution is -2.23. The highest BCUT2D eigenvalue weighted by Gasteiger charge is 2.28. The van der Waals surface area contributed by atoms with Gasteiger partial charge in [0.05, 0.1) is 18.1 Å².